The Kier molecular flexibility index (Phi) is 7.81. The summed E-state index contributed by atoms with van der Waals surface area (Å²) in [5, 5.41) is 0. The third-order valence-electron chi connectivity index (χ3n) is 2.95. The van der Waals surface area contributed by atoms with E-state index in [4.69, 9.17) is 25.8 Å². The lowest BCUT2D eigenvalue weighted by atomic mass is 10.0. The van der Waals surface area contributed by atoms with E-state index in [1.54, 1.807) is 13.8 Å². The monoisotopic (exact) mass is 346 g/mol. The average molecular weight is 347 g/mol. The van der Waals surface area contributed by atoms with E-state index in [2.05, 4.69) is 0 Å². The Hall–Kier alpha value is -1.82. The van der Waals surface area contributed by atoms with Gasteiger partial charge < -0.3 is 14.2 Å². The molecule has 0 aliphatic carbocycles. The first kappa shape index (κ1) is 19.2. The molecule has 0 atom stereocenters. The maximum absolute atomic E-state index is 12.8. The second kappa shape index (κ2) is 9.35. The molecule has 0 unspecified atom stereocenters. The van der Waals surface area contributed by atoms with Crippen LogP contribution in [0.25, 0.3) is 0 Å². The van der Waals surface area contributed by atoms with Gasteiger partial charge in [0.1, 0.15) is 11.6 Å². The first-order valence-corrected chi connectivity index (χ1v) is 7.73. The van der Waals surface area contributed by atoms with Crippen LogP contribution in [0, 0.1) is 5.82 Å². The van der Waals surface area contributed by atoms with E-state index in [0.717, 1.165) is 0 Å². The number of alkyl halides is 1. The summed E-state index contributed by atoms with van der Waals surface area (Å²) in [5.41, 5.74) is 0. The predicted molar refractivity (Wildman–Crippen MR) is 83.0 cm³/mol. The highest BCUT2D eigenvalue weighted by molar-refractivity contribution is 6.44. The summed E-state index contributed by atoms with van der Waals surface area (Å²) in [5.74, 6) is -1.54. The highest BCUT2D eigenvalue weighted by Gasteiger charge is 2.46. The molecule has 0 aliphatic rings. The van der Waals surface area contributed by atoms with E-state index in [1.165, 1.54) is 24.3 Å². The minimum absolute atomic E-state index is 0.00736. The van der Waals surface area contributed by atoms with Crippen LogP contribution < -0.4 is 4.74 Å². The quantitative estimate of drug-likeness (QED) is 0.297. The number of esters is 2. The number of rotatable bonds is 9. The molecule has 0 bridgehead atoms. The first-order chi connectivity index (χ1) is 10.9. The van der Waals surface area contributed by atoms with Crippen LogP contribution in [0.5, 0.6) is 5.75 Å². The molecular weight excluding hydrogens is 327 g/mol. The molecule has 128 valence electrons. The highest BCUT2D eigenvalue weighted by Crippen LogP contribution is 2.26. The molecule has 0 aliphatic heterocycles. The van der Waals surface area contributed by atoms with Gasteiger partial charge in [0, 0.05) is 0 Å². The fourth-order valence-corrected chi connectivity index (χ4v) is 2.06. The molecule has 0 spiro atoms. The molecule has 7 heteroatoms. The van der Waals surface area contributed by atoms with Gasteiger partial charge >= 0.3 is 11.9 Å². The number of carbonyl (C=O) groups excluding carboxylic acids is 2. The van der Waals surface area contributed by atoms with Crippen molar-refractivity contribution < 1.29 is 28.2 Å². The van der Waals surface area contributed by atoms with Crippen LogP contribution in [0.15, 0.2) is 24.3 Å². The van der Waals surface area contributed by atoms with E-state index in [-0.39, 0.29) is 32.1 Å². The summed E-state index contributed by atoms with van der Waals surface area (Å²) in [6.07, 6.45) is 0.325. The molecule has 0 saturated carbocycles. The van der Waals surface area contributed by atoms with Crippen molar-refractivity contribution in [3.05, 3.63) is 30.1 Å². The van der Waals surface area contributed by atoms with Gasteiger partial charge in [-0.1, -0.05) is 11.6 Å². The predicted octanol–water partition coefficient (Wildman–Crippen LogP) is 3.09. The van der Waals surface area contributed by atoms with Crippen LogP contribution in [0.2, 0.25) is 0 Å². The molecule has 23 heavy (non-hydrogen) atoms. The van der Waals surface area contributed by atoms with Crippen LogP contribution in [0.4, 0.5) is 4.39 Å². The van der Waals surface area contributed by atoms with Gasteiger partial charge in [-0.05, 0) is 51.0 Å². The van der Waals surface area contributed by atoms with Crippen molar-refractivity contribution >= 4 is 23.5 Å². The summed E-state index contributed by atoms with van der Waals surface area (Å²) < 4.78 is 27.9. The Morgan fingerprint density at radius 3 is 2.09 bits per heavy atom. The third-order valence-corrected chi connectivity index (χ3v) is 3.44. The number of carbonyl (C=O) groups is 2. The van der Waals surface area contributed by atoms with E-state index >= 15 is 0 Å². The summed E-state index contributed by atoms with van der Waals surface area (Å²) in [4.78, 5) is 22.0. The Balaban J connectivity index is 2.58. The molecule has 0 radical (unpaired) electrons. The molecule has 1 aromatic rings. The standard InChI is InChI=1S/C16H20ClFO5/c1-3-21-14(19)16(17,15(20)22-4-2)10-5-11-23-13-8-6-12(18)7-9-13/h6-9H,3-5,10-11H2,1-2H3. The van der Waals surface area contributed by atoms with E-state index in [9.17, 15) is 14.0 Å². The molecular formula is C16H20ClFO5. The van der Waals surface area contributed by atoms with Gasteiger partial charge in [0.15, 0.2) is 0 Å². The van der Waals surface area contributed by atoms with Crippen molar-refractivity contribution in [1.29, 1.82) is 0 Å². The molecule has 0 aromatic heterocycles. The maximum Gasteiger partial charge on any atom is 0.338 e. The Morgan fingerprint density at radius 1 is 1.09 bits per heavy atom. The highest BCUT2D eigenvalue weighted by atomic mass is 35.5. The average Bonchev–Trinajstić information content (AvgIpc) is 2.53. The van der Waals surface area contributed by atoms with Crippen molar-refractivity contribution in [2.24, 2.45) is 0 Å². The zero-order valence-electron chi connectivity index (χ0n) is 13.1. The van der Waals surface area contributed by atoms with Gasteiger partial charge in [0.25, 0.3) is 0 Å². The van der Waals surface area contributed by atoms with Gasteiger partial charge in [-0.25, -0.2) is 14.0 Å². The molecule has 1 rings (SSSR count). The van der Waals surface area contributed by atoms with Crippen LogP contribution in [-0.2, 0) is 19.1 Å². The molecule has 1 aromatic carbocycles. The lowest BCUT2D eigenvalue weighted by molar-refractivity contribution is -0.159. The Morgan fingerprint density at radius 2 is 1.61 bits per heavy atom. The molecule has 0 heterocycles. The van der Waals surface area contributed by atoms with Crippen molar-refractivity contribution in [3.63, 3.8) is 0 Å². The van der Waals surface area contributed by atoms with Gasteiger partial charge in [0.05, 0.1) is 19.8 Å². The zero-order valence-corrected chi connectivity index (χ0v) is 13.9. The second-order valence-corrected chi connectivity index (χ2v) is 5.29. The smallest absolute Gasteiger partial charge is 0.338 e. The van der Waals surface area contributed by atoms with Crippen LogP contribution in [0.3, 0.4) is 0 Å². The van der Waals surface area contributed by atoms with E-state index in [1.807, 2.05) is 0 Å². The number of ether oxygens (including phenoxy) is 3. The van der Waals surface area contributed by atoms with Gasteiger partial charge in [-0.2, -0.15) is 0 Å². The number of halogens is 2. The fraction of sp³-hybridized carbons (Fsp3) is 0.500. The molecule has 0 N–H and O–H groups in total. The summed E-state index contributed by atoms with van der Waals surface area (Å²) in [6, 6.07) is 5.52. The Labute approximate surface area is 139 Å². The molecule has 0 saturated heterocycles. The van der Waals surface area contributed by atoms with Crippen molar-refractivity contribution in [3.8, 4) is 5.75 Å². The normalized spacial score (nSPS) is 11.0. The molecule has 0 fully saturated rings. The largest absolute Gasteiger partial charge is 0.494 e. The van der Waals surface area contributed by atoms with Gasteiger partial charge in [0.2, 0.25) is 4.87 Å². The van der Waals surface area contributed by atoms with Crippen LogP contribution in [-0.4, -0.2) is 36.6 Å². The summed E-state index contributed by atoms with van der Waals surface area (Å²) >= 11 is 6.15. The Bertz CT molecular complexity index is 500. The SMILES string of the molecule is CCOC(=O)C(Cl)(CCCOc1ccc(F)cc1)C(=O)OCC. The van der Waals surface area contributed by atoms with Crippen molar-refractivity contribution in [2.45, 2.75) is 31.6 Å². The first-order valence-electron chi connectivity index (χ1n) is 7.35. The fourth-order valence-electron chi connectivity index (χ4n) is 1.82. The zero-order chi connectivity index (χ0) is 17.3. The third kappa shape index (κ3) is 5.71. The van der Waals surface area contributed by atoms with Gasteiger partial charge in [-0.3, -0.25) is 0 Å². The van der Waals surface area contributed by atoms with Gasteiger partial charge in [-0.15, -0.1) is 0 Å². The molecule has 0 amide bonds. The van der Waals surface area contributed by atoms with Crippen molar-refractivity contribution in [2.75, 3.05) is 19.8 Å². The van der Waals surface area contributed by atoms with Crippen molar-refractivity contribution in [1.82, 2.24) is 0 Å². The summed E-state index contributed by atoms with van der Waals surface area (Å²) in [7, 11) is 0. The topological polar surface area (TPSA) is 61.8 Å². The second-order valence-electron chi connectivity index (χ2n) is 4.65. The van der Waals surface area contributed by atoms with E-state index in [0.29, 0.717) is 12.2 Å². The van der Waals surface area contributed by atoms with E-state index < -0.39 is 16.8 Å². The number of hydrogen-bond donors (Lipinski definition) is 0. The molecule has 5 nitrogen and oxygen atoms in total. The van der Waals surface area contributed by atoms with Crippen LogP contribution in [0.1, 0.15) is 26.7 Å². The number of benzene rings is 1. The minimum Gasteiger partial charge on any atom is -0.494 e. The summed E-state index contributed by atoms with van der Waals surface area (Å²) in [6.45, 7) is 3.67. The number of hydrogen-bond acceptors (Lipinski definition) is 5. The maximum atomic E-state index is 12.8. The minimum atomic E-state index is -1.88. The lowest BCUT2D eigenvalue weighted by Gasteiger charge is -2.22. The lowest BCUT2D eigenvalue weighted by Crippen LogP contribution is -2.44. The van der Waals surface area contributed by atoms with Crippen LogP contribution >= 0.6 is 11.6 Å².